The highest BCUT2D eigenvalue weighted by Crippen LogP contribution is 2.37. The van der Waals surface area contributed by atoms with Crippen LogP contribution in [-0.2, 0) is 12.4 Å². The first-order chi connectivity index (χ1) is 10.1. The average molecular weight is 306 g/mol. The molecular formula is C17H24ClN3. The van der Waals surface area contributed by atoms with E-state index < -0.39 is 0 Å². The van der Waals surface area contributed by atoms with Gasteiger partial charge in [0.25, 0.3) is 0 Å². The van der Waals surface area contributed by atoms with Crippen LogP contribution in [0.1, 0.15) is 37.1 Å². The van der Waals surface area contributed by atoms with E-state index in [1.165, 1.54) is 36.8 Å². The third-order valence-electron chi connectivity index (χ3n) is 5.10. The molecule has 2 aromatic rings. The van der Waals surface area contributed by atoms with Crippen molar-refractivity contribution in [1.82, 2.24) is 14.5 Å². The minimum Gasteiger partial charge on any atom is -0.325 e. The molecule has 3 nitrogen and oxygen atoms in total. The van der Waals surface area contributed by atoms with Crippen LogP contribution in [0.2, 0.25) is 0 Å². The predicted molar refractivity (Wildman–Crippen MR) is 88.9 cm³/mol. The lowest BCUT2D eigenvalue weighted by molar-refractivity contribution is 0.134. The quantitative estimate of drug-likeness (QED) is 0.797. The number of hydrogen-bond donors (Lipinski definition) is 0. The molecule has 3 rings (SSSR count). The van der Waals surface area contributed by atoms with E-state index in [1.54, 1.807) is 0 Å². The van der Waals surface area contributed by atoms with Crippen molar-refractivity contribution in [3.05, 3.63) is 29.6 Å². The maximum Gasteiger partial charge on any atom is 0.124 e. The third kappa shape index (κ3) is 2.47. The first-order valence-electron chi connectivity index (χ1n) is 7.75. The van der Waals surface area contributed by atoms with Gasteiger partial charge in [0, 0.05) is 12.1 Å². The van der Waals surface area contributed by atoms with Crippen molar-refractivity contribution in [1.29, 1.82) is 0 Å². The van der Waals surface area contributed by atoms with Crippen LogP contribution in [0, 0.1) is 6.92 Å². The van der Waals surface area contributed by atoms with E-state index in [4.69, 9.17) is 16.6 Å². The van der Waals surface area contributed by atoms with Crippen LogP contribution in [0.4, 0.5) is 0 Å². The van der Waals surface area contributed by atoms with Gasteiger partial charge in [0.2, 0.25) is 0 Å². The summed E-state index contributed by atoms with van der Waals surface area (Å²) in [5.41, 5.74) is 3.85. The molecule has 1 heterocycles. The van der Waals surface area contributed by atoms with E-state index in [1.807, 2.05) is 0 Å². The number of alkyl halides is 1. The van der Waals surface area contributed by atoms with Crippen LogP contribution in [0.25, 0.3) is 11.0 Å². The maximum absolute atomic E-state index is 6.17. The highest BCUT2D eigenvalue weighted by molar-refractivity contribution is 6.16. The van der Waals surface area contributed by atoms with Crippen molar-refractivity contribution < 1.29 is 0 Å². The van der Waals surface area contributed by atoms with Gasteiger partial charge in [-0.3, -0.25) is 0 Å². The third-order valence-corrected chi connectivity index (χ3v) is 5.34. The van der Waals surface area contributed by atoms with Crippen LogP contribution in [0.15, 0.2) is 18.2 Å². The standard InChI is InChI=1S/C17H24ClN3/c1-13-7-6-8-14-16(13)21(15(11-18)19-14)12-17(20(2)3)9-4-5-10-17/h6-8H,4-5,9-12H2,1-3H3. The Morgan fingerprint density at radius 2 is 2.00 bits per heavy atom. The first-order valence-corrected chi connectivity index (χ1v) is 8.29. The lowest BCUT2D eigenvalue weighted by Crippen LogP contribution is -2.45. The second-order valence-corrected chi connectivity index (χ2v) is 6.78. The van der Waals surface area contributed by atoms with Gasteiger partial charge in [0.15, 0.2) is 0 Å². The molecule has 21 heavy (non-hydrogen) atoms. The van der Waals surface area contributed by atoms with E-state index in [0.717, 1.165) is 17.9 Å². The van der Waals surface area contributed by atoms with E-state index >= 15 is 0 Å². The highest BCUT2D eigenvalue weighted by Gasteiger charge is 2.37. The van der Waals surface area contributed by atoms with Gasteiger partial charge >= 0.3 is 0 Å². The molecule has 0 aliphatic heterocycles. The van der Waals surface area contributed by atoms with Gasteiger partial charge in [0.1, 0.15) is 5.82 Å². The van der Waals surface area contributed by atoms with Crippen molar-refractivity contribution in [3.8, 4) is 0 Å². The van der Waals surface area contributed by atoms with E-state index in [2.05, 4.69) is 48.7 Å². The summed E-state index contributed by atoms with van der Waals surface area (Å²) in [6.07, 6.45) is 5.15. The van der Waals surface area contributed by atoms with Crippen molar-refractivity contribution in [2.75, 3.05) is 14.1 Å². The van der Waals surface area contributed by atoms with Crippen molar-refractivity contribution in [2.24, 2.45) is 0 Å². The molecule has 1 aliphatic rings. The molecule has 1 aromatic heterocycles. The second kappa shape index (κ2) is 5.62. The zero-order valence-electron chi connectivity index (χ0n) is 13.2. The number of aryl methyl sites for hydroxylation is 1. The molecule has 0 bridgehead atoms. The Morgan fingerprint density at radius 3 is 2.62 bits per heavy atom. The van der Waals surface area contributed by atoms with Crippen LogP contribution in [0.3, 0.4) is 0 Å². The molecule has 1 aromatic carbocycles. The van der Waals surface area contributed by atoms with Crippen LogP contribution in [0.5, 0.6) is 0 Å². The minimum atomic E-state index is 0.247. The Bertz CT molecular complexity index is 639. The van der Waals surface area contributed by atoms with Gasteiger partial charge in [-0.25, -0.2) is 4.98 Å². The monoisotopic (exact) mass is 305 g/mol. The Kier molecular flexibility index (Phi) is 3.98. The zero-order chi connectivity index (χ0) is 15.0. The number of benzene rings is 1. The number of para-hydroxylation sites is 1. The number of likely N-dealkylation sites (N-methyl/N-ethyl adjacent to an activating group) is 1. The predicted octanol–water partition coefficient (Wildman–Crippen LogP) is 3.96. The fourth-order valence-electron chi connectivity index (χ4n) is 3.76. The molecule has 1 aliphatic carbocycles. The summed E-state index contributed by atoms with van der Waals surface area (Å²) in [4.78, 5) is 7.14. The lowest BCUT2D eigenvalue weighted by atomic mass is 9.95. The fourth-order valence-corrected chi connectivity index (χ4v) is 3.96. The Hall–Kier alpha value is -1.06. The number of aromatic nitrogens is 2. The maximum atomic E-state index is 6.17. The van der Waals surface area contributed by atoms with Gasteiger partial charge in [0.05, 0.1) is 16.9 Å². The van der Waals surface area contributed by atoms with Crippen molar-refractivity contribution >= 4 is 22.6 Å². The van der Waals surface area contributed by atoms with Crippen molar-refractivity contribution in [2.45, 2.75) is 50.6 Å². The average Bonchev–Trinajstić information content (AvgIpc) is 3.06. The summed E-state index contributed by atoms with van der Waals surface area (Å²) in [7, 11) is 4.41. The molecule has 114 valence electrons. The second-order valence-electron chi connectivity index (χ2n) is 6.52. The number of rotatable bonds is 4. The Balaban J connectivity index is 2.11. The highest BCUT2D eigenvalue weighted by atomic mass is 35.5. The Morgan fingerprint density at radius 1 is 1.29 bits per heavy atom. The number of imidazole rings is 1. The van der Waals surface area contributed by atoms with E-state index in [9.17, 15) is 0 Å². The molecule has 0 saturated heterocycles. The number of hydrogen-bond acceptors (Lipinski definition) is 2. The fraction of sp³-hybridized carbons (Fsp3) is 0.588. The molecule has 1 fully saturated rings. The number of halogens is 1. The van der Waals surface area contributed by atoms with Crippen molar-refractivity contribution in [3.63, 3.8) is 0 Å². The molecule has 4 heteroatoms. The molecular weight excluding hydrogens is 282 g/mol. The van der Waals surface area contributed by atoms with Crippen LogP contribution < -0.4 is 0 Å². The smallest absolute Gasteiger partial charge is 0.124 e. The van der Waals surface area contributed by atoms with Gasteiger partial charge < -0.3 is 9.47 Å². The van der Waals surface area contributed by atoms with Gasteiger partial charge in [-0.2, -0.15) is 0 Å². The summed E-state index contributed by atoms with van der Waals surface area (Å²) < 4.78 is 2.36. The minimum absolute atomic E-state index is 0.247. The molecule has 0 radical (unpaired) electrons. The van der Waals surface area contributed by atoms with Gasteiger partial charge in [-0.05, 0) is 45.5 Å². The summed E-state index contributed by atoms with van der Waals surface area (Å²) in [5.74, 6) is 1.46. The SMILES string of the molecule is Cc1cccc2nc(CCl)n(CC3(N(C)C)CCCC3)c12. The van der Waals surface area contributed by atoms with Crippen LogP contribution in [-0.4, -0.2) is 34.1 Å². The normalized spacial score (nSPS) is 18.0. The molecule has 0 spiro atoms. The summed E-state index contributed by atoms with van der Waals surface area (Å²) in [5, 5.41) is 0. The summed E-state index contributed by atoms with van der Waals surface area (Å²) >= 11 is 6.17. The molecule has 0 unspecified atom stereocenters. The topological polar surface area (TPSA) is 21.1 Å². The summed E-state index contributed by atoms with van der Waals surface area (Å²) in [6, 6.07) is 6.33. The molecule has 0 atom stereocenters. The largest absolute Gasteiger partial charge is 0.325 e. The summed E-state index contributed by atoms with van der Waals surface area (Å²) in [6.45, 7) is 3.15. The van der Waals surface area contributed by atoms with Gasteiger partial charge in [-0.1, -0.05) is 25.0 Å². The van der Waals surface area contributed by atoms with E-state index in [-0.39, 0.29) is 5.54 Å². The molecule has 0 amide bonds. The zero-order valence-corrected chi connectivity index (χ0v) is 14.0. The van der Waals surface area contributed by atoms with Crippen LogP contribution >= 0.6 is 11.6 Å². The molecule has 0 N–H and O–H groups in total. The number of fused-ring (bicyclic) bond motifs is 1. The first kappa shape index (κ1) is 14.9. The van der Waals surface area contributed by atoms with Gasteiger partial charge in [-0.15, -0.1) is 11.6 Å². The number of nitrogens with zero attached hydrogens (tertiary/aromatic N) is 3. The molecule has 1 saturated carbocycles. The van der Waals surface area contributed by atoms with E-state index in [0.29, 0.717) is 5.88 Å². The Labute approximate surface area is 131 Å². The lowest BCUT2D eigenvalue weighted by Gasteiger charge is -2.37.